The van der Waals surface area contributed by atoms with Crippen LogP contribution in [0, 0.1) is 22.7 Å². The molecule has 0 amide bonds. The van der Waals surface area contributed by atoms with E-state index in [2.05, 4.69) is 19.9 Å². The zero-order chi connectivity index (χ0) is 14.3. The zero-order valence-electron chi connectivity index (χ0n) is 12.1. The second-order valence-corrected chi connectivity index (χ2v) is 6.31. The van der Waals surface area contributed by atoms with Crippen molar-refractivity contribution < 1.29 is 14.3 Å². The van der Waals surface area contributed by atoms with Crippen LogP contribution in [0.5, 0.6) is 0 Å². The second-order valence-electron chi connectivity index (χ2n) is 6.31. The molecule has 0 bridgehead atoms. The van der Waals surface area contributed by atoms with Crippen LogP contribution >= 0.6 is 0 Å². The number of fused-ring (bicyclic) bond motifs is 1. The van der Waals surface area contributed by atoms with Crippen LogP contribution in [0.15, 0.2) is 23.8 Å². The first-order valence-electron chi connectivity index (χ1n) is 6.75. The lowest BCUT2D eigenvalue weighted by molar-refractivity contribution is -0.145. The Labute approximate surface area is 114 Å². The molecule has 0 heterocycles. The third kappa shape index (κ3) is 1.91. The summed E-state index contributed by atoms with van der Waals surface area (Å²) in [6.45, 7) is 6.59. The standard InChI is InChI=1S/C16H22O3/c1-11-5-6-13-15(2,3)8-7-14(18)16(13,10-17)12(11)9-19-4/h5,7-8,10,12-13H,6,9H2,1-4H3/t12-,13+,16+/m1/s1. The normalized spacial score (nSPS) is 36.6. The maximum absolute atomic E-state index is 12.5. The van der Waals surface area contributed by atoms with Gasteiger partial charge >= 0.3 is 0 Å². The lowest BCUT2D eigenvalue weighted by Crippen LogP contribution is -2.55. The van der Waals surface area contributed by atoms with Crippen molar-refractivity contribution in [3.63, 3.8) is 0 Å². The van der Waals surface area contributed by atoms with Crippen LogP contribution in [-0.2, 0) is 14.3 Å². The van der Waals surface area contributed by atoms with Gasteiger partial charge in [0, 0.05) is 13.0 Å². The molecular weight excluding hydrogens is 240 g/mol. The average molecular weight is 262 g/mol. The number of ether oxygens (including phenoxy) is 1. The van der Waals surface area contributed by atoms with E-state index in [1.807, 2.05) is 13.0 Å². The Morgan fingerprint density at radius 3 is 2.74 bits per heavy atom. The summed E-state index contributed by atoms with van der Waals surface area (Å²) >= 11 is 0. The molecule has 0 saturated carbocycles. The van der Waals surface area contributed by atoms with Crippen LogP contribution in [0.2, 0.25) is 0 Å². The van der Waals surface area contributed by atoms with Crippen LogP contribution < -0.4 is 0 Å². The molecule has 0 saturated heterocycles. The third-order valence-corrected chi connectivity index (χ3v) is 4.90. The second kappa shape index (κ2) is 4.71. The van der Waals surface area contributed by atoms with Gasteiger partial charge < -0.3 is 9.53 Å². The number of aldehydes is 1. The van der Waals surface area contributed by atoms with Gasteiger partial charge in [0.2, 0.25) is 0 Å². The molecule has 2 rings (SSSR count). The van der Waals surface area contributed by atoms with E-state index < -0.39 is 5.41 Å². The van der Waals surface area contributed by atoms with Gasteiger partial charge in [0.25, 0.3) is 0 Å². The predicted octanol–water partition coefficient (Wildman–Crippen LogP) is 2.57. The van der Waals surface area contributed by atoms with E-state index in [0.29, 0.717) is 6.61 Å². The molecule has 0 N–H and O–H groups in total. The Hall–Kier alpha value is -1.22. The van der Waals surface area contributed by atoms with E-state index in [1.54, 1.807) is 13.2 Å². The van der Waals surface area contributed by atoms with Crippen LogP contribution in [0.25, 0.3) is 0 Å². The highest BCUT2D eigenvalue weighted by Gasteiger charge is 2.58. The number of carbonyl (C=O) groups is 2. The van der Waals surface area contributed by atoms with Gasteiger partial charge in [-0.25, -0.2) is 0 Å². The monoisotopic (exact) mass is 262 g/mol. The first-order chi connectivity index (χ1) is 8.90. The summed E-state index contributed by atoms with van der Waals surface area (Å²) in [5, 5.41) is 0. The van der Waals surface area contributed by atoms with Crippen molar-refractivity contribution in [2.45, 2.75) is 27.2 Å². The molecule has 2 aliphatic rings. The lowest BCUT2D eigenvalue weighted by atomic mass is 9.50. The third-order valence-electron chi connectivity index (χ3n) is 4.90. The summed E-state index contributed by atoms with van der Waals surface area (Å²) in [5.41, 5.74) is -0.0184. The van der Waals surface area contributed by atoms with Gasteiger partial charge in [0.1, 0.15) is 11.7 Å². The molecule has 104 valence electrons. The minimum atomic E-state index is -0.951. The SMILES string of the molecule is COC[C@@H]1C(C)=CC[C@H]2C(C)(C)C=CC(=O)[C@@]12C=O. The number of rotatable bonds is 3. The molecule has 0 spiro atoms. The Bertz CT molecular complexity index is 459. The summed E-state index contributed by atoms with van der Waals surface area (Å²) in [5.74, 6) is -0.203. The first-order valence-corrected chi connectivity index (χ1v) is 6.75. The van der Waals surface area contributed by atoms with Crippen LogP contribution in [-0.4, -0.2) is 25.8 Å². The maximum atomic E-state index is 12.5. The van der Waals surface area contributed by atoms with Crippen LogP contribution in [0.3, 0.4) is 0 Å². The highest BCUT2D eigenvalue weighted by atomic mass is 16.5. The summed E-state index contributed by atoms with van der Waals surface area (Å²) < 4.78 is 5.27. The molecular formula is C16H22O3. The predicted molar refractivity (Wildman–Crippen MR) is 73.7 cm³/mol. The van der Waals surface area contributed by atoms with Crippen molar-refractivity contribution >= 4 is 12.1 Å². The van der Waals surface area contributed by atoms with Crippen molar-refractivity contribution in [2.24, 2.45) is 22.7 Å². The summed E-state index contributed by atoms with van der Waals surface area (Å²) in [6, 6.07) is 0. The fraction of sp³-hybridized carbons (Fsp3) is 0.625. The van der Waals surface area contributed by atoms with Gasteiger partial charge in [-0.1, -0.05) is 31.6 Å². The van der Waals surface area contributed by atoms with Crippen molar-refractivity contribution in [3.05, 3.63) is 23.8 Å². The van der Waals surface area contributed by atoms with E-state index in [9.17, 15) is 9.59 Å². The largest absolute Gasteiger partial charge is 0.384 e. The number of ketones is 1. The average Bonchev–Trinajstić information content (AvgIpc) is 2.37. The molecule has 0 radical (unpaired) electrons. The zero-order valence-corrected chi connectivity index (χ0v) is 12.1. The summed E-state index contributed by atoms with van der Waals surface area (Å²) in [4.78, 5) is 24.4. The van der Waals surface area contributed by atoms with Gasteiger partial charge in [-0.3, -0.25) is 4.79 Å². The number of hydrogen-bond donors (Lipinski definition) is 0. The van der Waals surface area contributed by atoms with Gasteiger partial charge in [-0.15, -0.1) is 0 Å². The molecule has 0 aliphatic heterocycles. The highest BCUT2D eigenvalue weighted by Crippen LogP contribution is 2.55. The Kier molecular flexibility index (Phi) is 3.52. The van der Waals surface area contributed by atoms with Crippen molar-refractivity contribution in [1.82, 2.24) is 0 Å². The van der Waals surface area contributed by atoms with E-state index >= 15 is 0 Å². The number of carbonyl (C=O) groups excluding carboxylic acids is 2. The maximum Gasteiger partial charge on any atom is 0.169 e. The molecule has 3 atom stereocenters. The quantitative estimate of drug-likeness (QED) is 0.446. The lowest BCUT2D eigenvalue weighted by Gasteiger charge is -2.51. The van der Waals surface area contributed by atoms with E-state index in [-0.39, 0.29) is 23.0 Å². The molecule has 19 heavy (non-hydrogen) atoms. The van der Waals surface area contributed by atoms with Crippen molar-refractivity contribution in [3.8, 4) is 0 Å². The number of hydrogen-bond acceptors (Lipinski definition) is 3. The van der Waals surface area contributed by atoms with Gasteiger partial charge in [-0.2, -0.15) is 0 Å². The molecule has 0 aromatic carbocycles. The van der Waals surface area contributed by atoms with Crippen molar-refractivity contribution in [1.29, 1.82) is 0 Å². The van der Waals surface area contributed by atoms with Gasteiger partial charge in [0.15, 0.2) is 5.78 Å². The Morgan fingerprint density at radius 1 is 1.47 bits per heavy atom. The topological polar surface area (TPSA) is 43.4 Å². The fourth-order valence-electron chi connectivity index (χ4n) is 3.73. The first kappa shape index (κ1) is 14.2. The smallest absolute Gasteiger partial charge is 0.169 e. The molecule has 0 aromatic heterocycles. The highest BCUT2D eigenvalue weighted by molar-refractivity contribution is 6.07. The fourth-order valence-corrected chi connectivity index (χ4v) is 3.73. The molecule has 0 aromatic rings. The van der Waals surface area contributed by atoms with Gasteiger partial charge in [-0.05, 0) is 30.8 Å². The molecule has 3 nitrogen and oxygen atoms in total. The Morgan fingerprint density at radius 2 is 2.16 bits per heavy atom. The van der Waals surface area contributed by atoms with E-state index in [1.165, 1.54) is 0 Å². The van der Waals surface area contributed by atoms with E-state index in [0.717, 1.165) is 18.3 Å². The van der Waals surface area contributed by atoms with Crippen LogP contribution in [0.4, 0.5) is 0 Å². The molecule has 2 aliphatic carbocycles. The van der Waals surface area contributed by atoms with Crippen LogP contribution in [0.1, 0.15) is 27.2 Å². The molecule has 0 unspecified atom stereocenters. The molecule has 3 heteroatoms. The minimum Gasteiger partial charge on any atom is -0.384 e. The van der Waals surface area contributed by atoms with E-state index in [4.69, 9.17) is 4.74 Å². The minimum absolute atomic E-state index is 0.0128. The summed E-state index contributed by atoms with van der Waals surface area (Å²) in [6.07, 6.45) is 7.34. The van der Waals surface area contributed by atoms with Gasteiger partial charge in [0.05, 0.1) is 6.61 Å². The molecule has 0 fully saturated rings. The number of allylic oxidation sites excluding steroid dienone is 3. The van der Waals surface area contributed by atoms with Crippen molar-refractivity contribution in [2.75, 3.05) is 13.7 Å². The number of methoxy groups -OCH3 is 1. The Balaban J connectivity index is 2.60. The summed E-state index contributed by atoms with van der Waals surface area (Å²) in [7, 11) is 1.61.